The van der Waals surface area contributed by atoms with Gasteiger partial charge in [0.15, 0.2) is 0 Å². The minimum absolute atomic E-state index is 0.0793. The third-order valence-electron chi connectivity index (χ3n) is 3.41. The van der Waals surface area contributed by atoms with Crippen LogP contribution in [0, 0.1) is 0 Å². The number of rotatable bonds is 2. The summed E-state index contributed by atoms with van der Waals surface area (Å²) < 4.78 is 2.10. The molecule has 0 spiro atoms. The maximum Gasteiger partial charge on any atom is 0.0995 e. The average Bonchev–Trinajstić information content (AvgIpc) is 3.06. The molecule has 0 bridgehead atoms. The summed E-state index contributed by atoms with van der Waals surface area (Å²) in [4.78, 5) is 8.95. The van der Waals surface area contributed by atoms with Gasteiger partial charge in [-0.1, -0.05) is 20.8 Å². The van der Waals surface area contributed by atoms with E-state index in [4.69, 9.17) is 0 Å². The minimum atomic E-state index is 0.0793. The van der Waals surface area contributed by atoms with Crippen LogP contribution in [0.5, 0.6) is 0 Å². The van der Waals surface area contributed by atoms with Gasteiger partial charge in [0.25, 0.3) is 0 Å². The van der Waals surface area contributed by atoms with Crippen LogP contribution in [-0.4, -0.2) is 14.5 Å². The van der Waals surface area contributed by atoms with Crippen LogP contribution in [0.2, 0.25) is 0 Å². The van der Waals surface area contributed by atoms with Crippen LogP contribution in [0.3, 0.4) is 0 Å². The van der Waals surface area contributed by atoms with Crippen molar-refractivity contribution in [1.82, 2.24) is 14.5 Å². The van der Waals surface area contributed by atoms with E-state index in [0.717, 1.165) is 11.4 Å². The Balaban J connectivity index is 1.95. The highest BCUT2D eigenvalue weighted by Gasteiger charge is 2.25. The summed E-state index contributed by atoms with van der Waals surface area (Å²) in [6.45, 7) is 6.55. The van der Waals surface area contributed by atoms with E-state index < -0.39 is 0 Å². The summed E-state index contributed by atoms with van der Waals surface area (Å²) in [5.74, 6) is 0.704. The Hall–Kier alpha value is -1.64. The lowest BCUT2D eigenvalue weighted by Crippen LogP contribution is -2.13. The molecule has 2 aromatic rings. The molecule has 0 aromatic carbocycles. The minimum Gasteiger partial charge on any atom is -0.306 e. The maximum absolute atomic E-state index is 4.49. The van der Waals surface area contributed by atoms with E-state index in [1.54, 1.807) is 0 Å². The van der Waals surface area contributed by atoms with Crippen molar-refractivity contribution in [2.24, 2.45) is 0 Å². The van der Waals surface area contributed by atoms with Gasteiger partial charge in [-0.05, 0) is 25.0 Å². The molecule has 3 nitrogen and oxygen atoms in total. The highest BCUT2D eigenvalue weighted by Crippen LogP contribution is 2.39. The standard InChI is InChI=1S/C15H19N3/c1-15(2,3)14-8-12(6-7-16-14)18-9-13(17-10-18)11-4-5-11/h6-11H,4-5H2,1-3H3. The van der Waals surface area contributed by atoms with Crippen LogP contribution >= 0.6 is 0 Å². The first-order valence-corrected chi connectivity index (χ1v) is 6.55. The lowest BCUT2D eigenvalue weighted by atomic mass is 9.91. The van der Waals surface area contributed by atoms with E-state index in [1.165, 1.54) is 18.5 Å². The van der Waals surface area contributed by atoms with Crippen molar-refractivity contribution >= 4 is 0 Å². The summed E-state index contributed by atoms with van der Waals surface area (Å²) >= 11 is 0. The predicted octanol–water partition coefficient (Wildman–Crippen LogP) is 3.44. The molecule has 0 N–H and O–H groups in total. The topological polar surface area (TPSA) is 30.7 Å². The molecular weight excluding hydrogens is 222 g/mol. The number of imidazole rings is 1. The van der Waals surface area contributed by atoms with Gasteiger partial charge in [-0.3, -0.25) is 4.98 Å². The van der Waals surface area contributed by atoms with Gasteiger partial charge in [0.1, 0.15) is 0 Å². The summed E-state index contributed by atoms with van der Waals surface area (Å²) in [5, 5.41) is 0. The normalized spacial score (nSPS) is 15.9. The van der Waals surface area contributed by atoms with Crippen molar-refractivity contribution in [1.29, 1.82) is 0 Å². The van der Waals surface area contributed by atoms with Crippen LogP contribution in [0.15, 0.2) is 30.9 Å². The van der Waals surface area contributed by atoms with Crippen molar-refractivity contribution in [3.8, 4) is 5.69 Å². The molecule has 3 heteroatoms. The largest absolute Gasteiger partial charge is 0.306 e. The van der Waals surface area contributed by atoms with Gasteiger partial charge in [0.05, 0.1) is 12.0 Å². The molecule has 18 heavy (non-hydrogen) atoms. The van der Waals surface area contributed by atoms with Crippen LogP contribution in [0.25, 0.3) is 5.69 Å². The first-order chi connectivity index (χ1) is 8.54. The predicted molar refractivity (Wildman–Crippen MR) is 72.0 cm³/mol. The third-order valence-corrected chi connectivity index (χ3v) is 3.41. The van der Waals surface area contributed by atoms with Gasteiger partial charge in [0, 0.05) is 35.1 Å². The number of hydrogen-bond acceptors (Lipinski definition) is 2. The summed E-state index contributed by atoms with van der Waals surface area (Å²) in [6.07, 6.45) is 8.53. The van der Waals surface area contributed by atoms with Crippen molar-refractivity contribution in [2.45, 2.75) is 44.9 Å². The first-order valence-electron chi connectivity index (χ1n) is 6.55. The Morgan fingerprint density at radius 1 is 1.22 bits per heavy atom. The fourth-order valence-electron chi connectivity index (χ4n) is 2.06. The second-order valence-corrected chi connectivity index (χ2v) is 6.13. The van der Waals surface area contributed by atoms with Gasteiger partial charge in [0.2, 0.25) is 0 Å². The molecule has 2 aromatic heterocycles. The van der Waals surface area contributed by atoms with Crippen LogP contribution in [0.1, 0.15) is 50.9 Å². The van der Waals surface area contributed by atoms with Gasteiger partial charge >= 0.3 is 0 Å². The summed E-state index contributed by atoms with van der Waals surface area (Å²) in [6, 6.07) is 4.19. The van der Waals surface area contributed by atoms with Crippen molar-refractivity contribution < 1.29 is 0 Å². The van der Waals surface area contributed by atoms with Gasteiger partial charge < -0.3 is 4.57 Å². The molecule has 0 amide bonds. The lowest BCUT2D eigenvalue weighted by molar-refractivity contribution is 0.568. The number of pyridine rings is 1. The van der Waals surface area contributed by atoms with Gasteiger partial charge in [-0.2, -0.15) is 0 Å². The molecule has 0 unspecified atom stereocenters. The molecule has 0 radical (unpaired) electrons. The molecule has 1 fully saturated rings. The number of hydrogen-bond donors (Lipinski definition) is 0. The molecule has 1 saturated carbocycles. The van der Waals surface area contributed by atoms with Crippen LogP contribution < -0.4 is 0 Å². The van der Waals surface area contributed by atoms with Gasteiger partial charge in [-0.25, -0.2) is 4.98 Å². The zero-order chi connectivity index (χ0) is 12.8. The second kappa shape index (κ2) is 3.94. The third kappa shape index (κ3) is 2.17. The smallest absolute Gasteiger partial charge is 0.0995 e. The Bertz CT molecular complexity index is 559. The molecular formula is C15H19N3. The molecule has 94 valence electrons. The Morgan fingerprint density at radius 3 is 2.67 bits per heavy atom. The van der Waals surface area contributed by atoms with Crippen LogP contribution in [0.4, 0.5) is 0 Å². The Labute approximate surface area is 108 Å². The molecule has 1 aliphatic rings. The molecule has 0 atom stereocenters. The second-order valence-electron chi connectivity index (χ2n) is 6.13. The first kappa shape index (κ1) is 11.5. The van der Waals surface area contributed by atoms with Crippen molar-refractivity contribution in [3.63, 3.8) is 0 Å². The van der Waals surface area contributed by atoms with E-state index in [2.05, 4.69) is 47.6 Å². The summed E-state index contributed by atoms with van der Waals surface area (Å²) in [7, 11) is 0. The Kier molecular flexibility index (Phi) is 2.51. The molecule has 0 aliphatic heterocycles. The van der Waals surface area contributed by atoms with E-state index in [-0.39, 0.29) is 5.41 Å². The van der Waals surface area contributed by atoms with E-state index in [9.17, 15) is 0 Å². The molecule has 3 rings (SSSR count). The zero-order valence-electron chi connectivity index (χ0n) is 11.2. The average molecular weight is 241 g/mol. The molecule has 0 saturated heterocycles. The molecule has 1 aliphatic carbocycles. The van der Waals surface area contributed by atoms with Crippen molar-refractivity contribution in [3.05, 3.63) is 42.2 Å². The quantitative estimate of drug-likeness (QED) is 0.806. The monoisotopic (exact) mass is 241 g/mol. The van der Waals surface area contributed by atoms with Crippen molar-refractivity contribution in [2.75, 3.05) is 0 Å². The SMILES string of the molecule is CC(C)(C)c1cc(-n2cnc(C3CC3)c2)ccn1. The van der Waals surface area contributed by atoms with Crippen LogP contribution in [-0.2, 0) is 5.41 Å². The Morgan fingerprint density at radius 2 is 2.00 bits per heavy atom. The van der Waals surface area contributed by atoms with E-state index in [1.807, 2.05) is 18.6 Å². The summed E-state index contributed by atoms with van der Waals surface area (Å²) in [5.41, 5.74) is 3.57. The fraction of sp³-hybridized carbons (Fsp3) is 0.467. The fourth-order valence-corrected chi connectivity index (χ4v) is 2.06. The van der Waals surface area contributed by atoms with E-state index in [0.29, 0.717) is 5.92 Å². The van der Waals surface area contributed by atoms with E-state index >= 15 is 0 Å². The van der Waals surface area contributed by atoms with Gasteiger partial charge in [-0.15, -0.1) is 0 Å². The molecule has 2 heterocycles. The lowest BCUT2D eigenvalue weighted by Gasteiger charge is -2.18. The number of aromatic nitrogens is 3. The highest BCUT2D eigenvalue weighted by atomic mass is 15.0. The zero-order valence-corrected chi connectivity index (χ0v) is 11.2. The maximum atomic E-state index is 4.49. The highest BCUT2D eigenvalue weighted by molar-refractivity contribution is 5.35. The number of nitrogens with zero attached hydrogens (tertiary/aromatic N) is 3.